The maximum Gasteiger partial charge on any atom is 0.308 e. The average molecular weight is 256 g/mol. The van der Waals surface area contributed by atoms with E-state index in [1.165, 1.54) is 0 Å². The van der Waals surface area contributed by atoms with Crippen LogP contribution in [0.15, 0.2) is 0 Å². The van der Waals surface area contributed by atoms with Gasteiger partial charge in [-0.2, -0.15) is 0 Å². The Morgan fingerprint density at radius 1 is 1.33 bits per heavy atom. The molecule has 5 heteroatoms. The first-order valence-electron chi connectivity index (χ1n) is 6.46. The van der Waals surface area contributed by atoms with Gasteiger partial charge in [-0.15, -0.1) is 0 Å². The highest BCUT2D eigenvalue weighted by atomic mass is 16.4. The van der Waals surface area contributed by atoms with Crippen molar-refractivity contribution in [3.8, 4) is 0 Å². The molecule has 1 aliphatic heterocycles. The maximum atomic E-state index is 11.9. The van der Waals surface area contributed by atoms with Crippen LogP contribution in [0.25, 0.3) is 0 Å². The fourth-order valence-corrected chi connectivity index (χ4v) is 2.19. The second-order valence-electron chi connectivity index (χ2n) is 6.15. The molecule has 0 aromatic heterocycles. The molecule has 0 aromatic rings. The van der Waals surface area contributed by atoms with Crippen LogP contribution in [0.4, 0.5) is 0 Å². The number of carbonyl (C=O) groups excluding carboxylic acids is 1. The number of aliphatic carboxylic acids is 1. The van der Waals surface area contributed by atoms with Gasteiger partial charge in [0.1, 0.15) is 0 Å². The smallest absolute Gasteiger partial charge is 0.308 e. The number of carbonyl (C=O) groups is 2. The summed E-state index contributed by atoms with van der Waals surface area (Å²) < 4.78 is 0. The lowest BCUT2D eigenvalue weighted by Crippen LogP contribution is -2.39. The Morgan fingerprint density at radius 3 is 2.39 bits per heavy atom. The minimum atomic E-state index is -0.800. The lowest BCUT2D eigenvalue weighted by atomic mass is 9.99. The van der Waals surface area contributed by atoms with Gasteiger partial charge in [-0.1, -0.05) is 6.92 Å². The van der Waals surface area contributed by atoms with E-state index >= 15 is 0 Å². The van der Waals surface area contributed by atoms with Crippen molar-refractivity contribution >= 4 is 11.9 Å². The molecule has 1 heterocycles. The molecule has 1 fully saturated rings. The summed E-state index contributed by atoms with van der Waals surface area (Å²) in [6.07, 6.45) is 0.427. The van der Waals surface area contributed by atoms with Crippen molar-refractivity contribution in [2.75, 3.05) is 19.6 Å². The molecule has 2 N–H and O–H groups in total. The van der Waals surface area contributed by atoms with E-state index in [0.717, 1.165) is 0 Å². The largest absolute Gasteiger partial charge is 0.481 e. The molecule has 0 saturated carbocycles. The van der Waals surface area contributed by atoms with Crippen LogP contribution >= 0.6 is 0 Å². The third-order valence-electron chi connectivity index (χ3n) is 3.28. The van der Waals surface area contributed by atoms with Gasteiger partial charge in [0.15, 0.2) is 0 Å². The van der Waals surface area contributed by atoms with Crippen molar-refractivity contribution < 1.29 is 14.7 Å². The van der Waals surface area contributed by atoms with Crippen molar-refractivity contribution in [1.29, 1.82) is 0 Å². The molecule has 1 rings (SSSR count). The van der Waals surface area contributed by atoms with Gasteiger partial charge < -0.3 is 15.3 Å². The zero-order valence-electron chi connectivity index (χ0n) is 11.7. The maximum absolute atomic E-state index is 11.9. The second-order valence-corrected chi connectivity index (χ2v) is 6.15. The molecular formula is C13H24N2O3. The molecule has 2 atom stereocenters. The zero-order chi connectivity index (χ0) is 13.9. The summed E-state index contributed by atoms with van der Waals surface area (Å²) in [6.45, 7) is 9.59. The summed E-state index contributed by atoms with van der Waals surface area (Å²) in [5.74, 6) is -1.13. The molecule has 18 heavy (non-hydrogen) atoms. The lowest BCUT2D eigenvalue weighted by Gasteiger charge is -2.22. The predicted molar refractivity (Wildman–Crippen MR) is 69.2 cm³/mol. The van der Waals surface area contributed by atoms with Crippen LogP contribution in [0.1, 0.15) is 34.1 Å². The minimum absolute atomic E-state index is 0.00216. The first kappa shape index (κ1) is 15.0. The van der Waals surface area contributed by atoms with Gasteiger partial charge in [0, 0.05) is 31.6 Å². The third-order valence-corrected chi connectivity index (χ3v) is 3.28. The highest BCUT2D eigenvalue weighted by Gasteiger charge is 2.36. The zero-order valence-corrected chi connectivity index (χ0v) is 11.7. The van der Waals surface area contributed by atoms with Crippen LogP contribution in [0.5, 0.6) is 0 Å². The minimum Gasteiger partial charge on any atom is -0.481 e. The summed E-state index contributed by atoms with van der Waals surface area (Å²) in [5, 5.41) is 12.3. The Hall–Kier alpha value is -1.10. The van der Waals surface area contributed by atoms with E-state index in [4.69, 9.17) is 5.11 Å². The van der Waals surface area contributed by atoms with Crippen LogP contribution in [-0.2, 0) is 9.59 Å². The summed E-state index contributed by atoms with van der Waals surface area (Å²) in [6, 6.07) is 0. The summed E-state index contributed by atoms with van der Waals surface area (Å²) in [4.78, 5) is 24.6. The number of rotatable bonds is 4. The third kappa shape index (κ3) is 4.29. The van der Waals surface area contributed by atoms with Gasteiger partial charge in [-0.3, -0.25) is 9.59 Å². The van der Waals surface area contributed by atoms with Crippen molar-refractivity contribution in [2.24, 2.45) is 11.8 Å². The van der Waals surface area contributed by atoms with Crippen molar-refractivity contribution in [3.05, 3.63) is 0 Å². The molecular weight excluding hydrogens is 232 g/mol. The normalized spacial score (nSPS) is 24.3. The van der Waals surface area contributed by atoms with Gasteiger partial charge in [-0.05, 0) is 26.7 Å². The van der Waals surface area contributed by atoms with E-state index in [2.05, 4.69) is 26.1 Å². The second kappa shape index (κ2) is 5.69. The van der Waals surface area contributed by atoms with Crippen LogP contribution in [0, 0.1) is 11.8 Å². The van der Waals surface area contributed by atoms with Gasteiger partial charge in [0.25, 0.3) is 0 Å². The monoisotopic (exact) mass is 256 g/mol. The van der Waals surface area contributed by atoms with Crippen molar-refractivity contribution in [1.82, 2.24) is 10.2 Å². The average Bonchev–Trinajstić information content (AvgIpc) is 2.58. The first-order valence-corrected chi connectivity index (χ1v) is 6.46. The van der Waals surface area contributed by atoms with E-state index in [1.54, 1.807) is 4.90 Å². The van der Waals surface area contributed by atoms with E-state index in [1.807, 2.05) is 6.92 Å². The molecule has 0 aliphatic carbocycles. The molecule has 1 saturated heterocycles. The predicted octanol–water partition coefficient (Wildman–Crippen LogP) is 0.944. The van der Waals surface area contributed by atoms with Gasteiger partial charge in [-0.25, -0.2) is 0 Å². The summed E-state index contributed by atoms with van der Waals surface area (Å²) in [5.41, 5.74) is 0.00216. The van der Waals surface area contributed by atoms with E-state index in [0.29, 0.717) is 26.1 Å². The Labute approximate surface area is 109 Å². The SMILES string of the molecule is CC1CN(C(=O)CCNC(C)(C)C)CC1C(=O)O. The van der Waals surface area contributed by atoms with Gasteiger partial charge in [0.2, 0.25) is 5.91 Å². The quantitative estimate of drug-likeness (QED) is 0.785. The number of hydrogen-bond donors (Lipinski definition) is 2. The molecule has 0 aromatic carbocycles. The molecule has 5 nitrogen and oxygen atoms in total. The number of carboxylic acid groups (broad SMARTS) is 1. The van der Waals surface area contributed by atoms with Crippen LogP contribution in [0.3, 0.4) is 0 Å². The molecule has 104 valence electrons. The van der Waals surface area contributed by atoms with Crippen LogP contribution < -0.4 is 5.32 Å². The Morgan fingerprint density at radius 2 is 1.94 bits per heavy atom. The van der Waals surface area contributed by atoms with Crippen LogP contribution in [0.2, 0.25) is 0 Å². The Kier molecular flexibility index (Phi) is 4.73. The van der Waals surface area contributed by atoms with E-state index in [-0.39, 0.29) is 17.4 Å². The summed E-state index contributed by atoms with van der Waals surface area (Å²) in [7, 11) is 0. The lowest BCUT2D eigenvalue weighted by molar-refractivity contribution is -0.142. The number of nitrogens with one attached hydrogen (secondary N) is 1. The van der Waals surface area contributed by atoms with E-state index in [9.17, 15) is 9.59 Å². The standard InChI is InChI=1S/C13H24N2O3/c1-9-7-15(8-10(9)12(17)18)11(16)5-6-14-13(2,3)4/h9-10,14H,5-8H2,1-4H3,(H,17,18). The summed E-state index contributed by atoms with van der Waals surface area (Å²) >= 11 is 0. The number of amides is 1. The molecule has 2 unspecified atom stereocenters. The fraction of sp³-hybridized carbons (Fsp3) is 0.846. The fourth-order valence-electron chi connectivity index (χ4n) is 2.19. The number of nitrogens with zero attached hydrogens (tertiary/aromatic N) is 1. The molecule has 0 radical (unpaired) electrons. The Balaban J connectivity index is 2.38. The molecule has 1 aliphatic rings. The number of carboxylic acids is 1. The van der Waals surface area contributed by atoms with E-state index < -0.39 is 11.9 Å². The van der Waals surface area contributed by atoms with Crippen LogP contribution in [-0.4, -0.2) is 47.1 Å². The molecule has 1 amide bonds. The van der Waals surface area contributed by atoms with Gasteiger partial charge >= 0.3 is 5.97 Å². The van der Waals surface area contributed by atoms with Gasteiger partial charge in [0.05, 0.1) is 5.92 Å². The highest BCUT2D eigenvalue weighted by molar-refractivity contribution is 5.79. The molecule has 0 spiro atoms. The topological polar surface area (TPSA) is 69.6 Å². The first-order chi connectivity index (χ1) is 8.20. The molecule has 0 bridgehead atoms. The number of hydrogen-bond acceptors (Lipinski definition) is 3. The number of likely N-dealkylation sites (tertiary alicyclic amines) is 1. The Bertz CT molecular complexity index is 323. The highest BCUT2D eigenvalue weighted by Crippen LogP contribution is 2.23. The van der Waals surface area contributed by atoms with Crippen molar-refractivity contribution in [2.45, 2.75) is 39.7 Å². The van der Waals surface area contributed by atoms with Crippen molar-refractivity contribution in [3.63, 3.8) is 0 Å².